The predicted molar refractivity (Wildman–Crippen MR) is 120 cm³/mol. The third-order valence-corrected chi connectivity index (χ3v) is 7.26. The molecule has 0 amide bonds. The minimum absolute atomic E-state index is 0.0370. The fraction of sp³-hybridized carbons (Fsp3) is 0.636. The van der Waals surface area contributed by atoms with Crippen molar-refractivity contribution in [2.75, 3.05) is 14.2 Å². The Labute approximate surface area is 170 Å². The van der Waals surface area contributed by atoms with Crippen LogP contribution in [0.2, 0.25) is 0 Å². The summed E-state index contributed by atoms with van der Waals surface area (Å²) < 4.78 is 10.4. The molecule has 0 radical (unpaired) electrons. The molecular formula is C22H36BrO2P. The molecule has 0 saturated heterocycles. The van der Waals surface area contributed by atoms with E-state index in [0.717, 1.165) is 6.42 Å². The van der Waals surface area contributed by atoms with Crippen LogP contribution in [0.4, 0.5) is 0 Å². The van der Waals surface area contributed by atoms with Crippen molar-refractivity contribution in [3.63, 3.8) is 0 Å². The zero-order chi connectivity index (χ0) is 19.4. The predicted octanol–water partition coefficient (Wildman–Crippen LogP) is 6.67. The molecule has 1 rings (SSSR count). The third kappa shape index (κ3) is 8.21. The van der Waals surface area contributed by atoms with Crippen LogP contribution < -0.4 is 5.30 Å². The average Bonchev–Trinajstić information content (AvgIpc) is 2.66. The minimum atomic E-state index is -0.0370. The molecule has 2 nitrogen and oxygen atoms in total. The molecule has 0 aromatic heterocycles. The van der Waals surface area contributed by atoms with Gasteiger partial charge in [-0.25, -0.2) is 0 Å². The summed E-state index contributed by atoms with van der Waals surface area (Å²) in [5.41, 5.74) is 5.91. The van der Waals surface area contributed by atoms with Gasteiger partial charge in [0.15, 0.2) is 6.29 Å². The summed E-state index contributed by atoms with van der Waals surface area (Å²) in [5.74, 6) is 0. The lowest BCUT2D eigenvalue weighted by molar-refractivity contribution is -0.107. The topological polar surface area (TPSA) is 18.5 Å². The number of aryl methyl sites for hydroxylation is 1. The van der Waals surface area contributed by atoms with E-state index in [4.69, 9.17) is 9.47 Å². The van der Waals surface area contributed by atoms with Crippen LogP contribution >= 0.6 is 22.8 Å². The normalized spacial score (nSPS) is 12.3. The van der Waals surface area contributed by atoms with Gasteiger partial charge in [0.25, 0.3) is 0 Å². The van der Waals surface area contributed by atoms with Crippen molar-refractivity contribution in [3.05, 3.63) is 40.5 Å². The SMILES string of the molecule is COC(CCCCC/C=C/CCCc1cc(PBr)c(C)c(C)c1C)OC. The standard InChI is InChI=1S/C22H36BrO2P/c1-17-18(2)20(16-21(26-23)19(17)3)14-12-10-8-6-7-9-11-13-15-22(24-4)25-5/h6,8,16,22,26H,7,9-15H2,1-5H3/b8-6+. The van der Waals surface area contributed by atoms with Crippen molar-refractivity contribution in [1.29, 1.82) is 0 Å². The maximum absolute atomic E-state index is 5.21. The summed E-state index contributed by atoms with van der Waals surface area (Å²) in [4.78, 5) is 0. The van der Waals surface area contributed by atoms with Crippen molar-refractivity contribution in [2.45, 2.75) is 78.4 Å². The molecule has 1 unspecified atom stereocenters. The van der Waals surface area contributed by atoms with Gasteiger partial charge in [0.05, 0.1) is 0 Å². The lowest BCUT2D eigenvalue weighted by Crippen LogP contribution is -2.12. The van der Waals surface area contributed by atoms with E-state index in [1.807, 2.05) is 0 Å². The fourth-order valence-corrected chi connectivity index (χ4v) is 4.99. The second kappa shape index (κ2) is 13.9. The van der Waals surface area contributed by atoms with Crippen molar-refractivity contribution >= 4 is 28.1 Å². The van der Waals surface area contributed by atoms with Crippen molar-refractivity contribution in [1.82, 2.24) is 0 Å². The third-order valence-electron chi connectivity index (χ3n) is 5.25. The number of hydrogen-bond acceptors (Lipinski definition) is 2. The van der Waals surface area contributed by atoms with Crippen LogP contribution in [0.15, 0.2) is 18.2 Å². The number of unbranched alkanes of at least 4 members (excludes halogenated alkanes) is 4. The van der Waals surface area contributed by atoms with Crippen LogP contribution in [0.3, 0.4) is 0 Å². The molecule has 0 bridgehead atoms. The highest BCUT2D eigenvalue weighted by atomic mass is 79.9. The minimum Gasteiger partial charge on any atom is -0.356 e. The summed E-state index contributed by atoms with van der Waals surface area (Å²) in [6.07, 6.45) is 14.1. The van der Waals surface area contributed by atoms with E-state index < -0.39 is 0 Å². The Morgan fingerprint density at radius 1 is 0.923 bits per heavy atom. The summed E-state index contributed by atoms with van der Waals surface area (Å²) >= 11 is 3.65. The Morgan fingerprint density at radius 2 is 1.58 bits per heavy atom. The maximum Gasteiger partial charge on any atom is 0.156 e. The molecule has 0 heterocycles. The Bertz CT molecular complexity index is 554. The van der Waals surface area contributed by atoms with E-state index in [2.05, 4.69) is 54.5 Å². The zero-order valence-electron chi connectivity index (χ0n) is 17.2. The van der Waals surface area contributed by atoms with Crippen molar-refractivity contribution < 1.29 is 9.47 Å². The number of allylic oxidation sites excluding steroid dienone is 2. The number of hydrogen-bond donors (Lipinski definition) is 0. The Balaban J connectivity index is 2.23. The molecule has 0 aliphatic carbocycles. The molecule has 0 N–H and O–H groups in total. The van der Waals surface area contributed by atoms with E-state index in [1.165, 1.54) is 72.5 Å². The lowest BCUT2D eigenvalue weighted by atomic mass is 9.95. The smallest absolute Gasteiger partial charge is 0.156 e. The van der Waals surface area contributed by atoms with Crippen LogP contribution in [0, 0.1) is 20.8 Å². The van der Waals surface area contributed by atoms with E-state index in [9.17, 15) is 0 Å². The summed E-state index contributed by atoms with van der Waals surface area (Å²) in [5, 5.41) is 1.46. The maximum atomic E-state index is 5.21. The molecule has 26 heavy (non-hydrogen) atoms. The van der Waals surface area contributed by atoms with E-state index in [0.29, 0.717) is 7.28 Å². The van der Waals surface area contributed by atoms with E-state index in [-0.39, 0.29) is 6.29 Å². The van der Waals surface area contributed by atoms with Gasteiger partial charge in [-0.15, -0.1) is 0 Å². The quantitative estimate of drug-likeness (QED) is 0.147. The zero-order valence-corrected chi connectivity index (χ0v) is 19.7. The van der Waals surface area contributed by atoms with E-state index in [1.54, 1.807) is 14.2 Å². The van der Waals surface area contributed by atoms with Crippen LogP contribution in [0.25, 0.3) is 0 Å². The van der Waals surface area contributed by atoms with Gasteiger partial charge in [-0.2, -0.15) is 0 Å². The van der Waals surface area contributed by atoms with Crippen molar-refractivity contribution in [2.24, 2.45) is 0 Å². The van der Waals surface area contributed by atoms with Gasteiger partial charge in [-0.3, -0.25) is 0 Å². The van der Waals surface area contributed by atoms with Gasteiger partial charge >= 0.3 is 0 Å². The highest BCUT2D eigenvalue weighted by Crippen LogP contribution is 2.27. The average molecular weight is 443 g/mol. The lowest BCUT2D eigenvalue weighted by Gasteiger charge is -2.14. The molecule has 0 aliphatic rings. The van der Waals surface area contributed by atoms with Gasteiger partial charge in [0.1, 0.15) is 0 Å². The van der Waals surface area contributed by atoms with Gasteiger partial charge in [-0.05, 0) is 101 Å². The number of halogens is 1. The van der Waals surface area contributed by atoms with Gasteiger partial charge in [0, 0.05) is 14.2 Å². The second-order valence-electron chi connectivity index (χ2n) is 6.96. The Kier molecular flexibility index (Phi) is 12.7. The van der Waals surface area contributed by atoms with Crippen LogP contribution in [0.1, 0.15) is 67.2 Å². The summed E-state index contributed by atoms with van der Waals surface area (Å²) in [7, 11) is 4.12. The molecule has 1 aromatic carbocycles. The number of methoxy groups -OCH3 is 2. The second-order valence-corrected chi connectivity index (χ2v) is 8.87. The molecule has 0 aliphatic heterocycles. The molecule has 0 fully saturated rings. The molecule has 1 atom stereocenters. The van der Waals surface area contributed by atoms with Crippen LogP contribution in [-0.4, -0.2) is 20.5 Å². The fourth-order valence-electron chi connectivity index (χ4n) is 3.20. The number of ether oxygens (including phenoxy) is 2. The first-order valence-electron chi connectivity index (χ1n) is 9.72. The van der Waals surface area contributed by atoms with Gasteiger partial charge in [-0.1, -0.05) is 40.1 Å². The molecule has 0 spiro atoms. The molecule has 4 heteroatoms. The molecular weight excluding hydrogens is 407 g/mol. The molecule has 1 aromatic rings. The van der Waals surface area contributed by atoms with E-state index >= 15 is 0 Å². The molecule has 0 saturated carbocycles. The Morgan fingerprint density at radius 3 is 2.19 bits per heavy atom. The monoisotopic (exact) mass is 442 g/mol. The summed E-state index contributed by atoms with van der Waals surface area (Å²) in [6, 6.07) is 2.40. The summed E-state index contributed by atoms with van der Waals surface area (Å²) in [6.45, 7) is 6.77. The first-order valence-corrected chi connectivity index (χ1v) is 13.0. The highest BCUT2D eigenvalue weighted by molar-refractivity contribution is 9.37. The molecule has 148 valence electrons. The Hall–Kier alpha value is -0.210. The van der Waals surface area contributed by atoms with Crippen LogP contribution in [-0.2, 0) is 15.9 Å². The number of benzene rings is 1. The largest absolute Gasteiger partial charge is 0.356 e. The highest BCUT2D eigenvalue weighted by Gasteiger charge is 2.08. The first kappa shape index (κ1) is 23.8. The first-order chi connectivity index (χ1) is 12.5. The van der Waals surface area contributed by atoms with Gasteiger partial charge < -0.3 is 9.47 Å². The number of rotatable bonds is 13. The van der Waals surface area contributed by atoms with Gasteiger partial charge in [0.2, 0.25) is 0 Å². The van der Waals surface area contributed by atoms with Crippen LogP contribution in [0.5, 0.6) is 0 Å². The van der Waals surface area contributed by atoms with Crippen molar-refractivity contribution in [3.8, 4) is 0 Å².